The quantitative estimate of drug-likeness (QED) is 0.343. The maximum Gasteiger partial charge on any atom is 0.151 e. The van der Waals surface area contributed by atoms with Crippen LogP contribution in [0.15, 0.2) is 48.5 Å². The van der Waals surface area contributed by atoms with Crippen LogP contribution in [0.4, 0.5) is 0 Å². The Morgan fingerprint density at radius 2 is 0.744 bits per heavy atom. The van der Waals surface area contributed by atoms with E-state index in [2.05, 4.69) is 119 Å². The van der Waals surface area contributed by atoms with E-state index >= 15 is 0 Å². The summed E-state index contributed by atoms with van der Waals surface area (Å²) in [5, 5.41) is 10.9. The lowest BCUT2D eigenvalue weighted by molar-refractivity contribution is 0.112. The van der Waals surface area contributed by atoms with Crippen LogP contribution in [-0.4, -0.2) is 11.4 Å². The van der Waals surface area contributed by atoms with Crippen LogP contribution in [0.25, 0.3) is 22.3 Å². The molecule has 0 bridgehead atoms. The predicted molar refractivity (Wildman–Crippen MR) is 171 cm³/mol. The van der Waals surface area contributed by atoms with E-state index in [-0.39, 0.29) is 27.4 Å². The molecule has 0 saturated carbocycles. The van der Waals surface area contributed by atoms with E-state index in [1.54, 1.807) is 12.1 Å². The van der Waals surface area contributed by atoms with Crippen molar-refractivity contribution < 1.29 is 9.90 Å². The molecule has 0 unspecified atom stereocenters. The number of aromatic hydroxyl groups is 1. The maximum absolute atomic E-state index is 12.8. The zero-order chi connectivity index (χ0) is 30.1. The number of benzene rings is 3. The first-order chi connectivity index (χ1) is 17.7. The molecule has 3 aromatic carbocycles. The lowest BCUT2D eigenvalue weighted by Gasteiger charge is -2.27. The number of rotatable bonds is 3. The van der Waals surface area contributed by atoms with Crippen molar-refractivity contribution in [3.8, 4) is 28.0 Å². The van der Waals surface area contributed by atoms with Gasteiger partial charge in [-0.1, -0.05) is 133 Å². The molecule has 39 heavy (non-hydrogen) atoms. The lowest BCUT2D eigenvalue weighted by Crippen LogP contribution is -2.17. The second-order valence-corrected chi connectivity index (χ2v) is 14.7. The first-order valence-electron chi connectivity index (χ1n) is 14.4. The molecule has 1 N–H and O–H groups in total. The summed E-state index contributed by atoms with van der Waals surface area (Å²) in [4.78, 5) is 12.8. The molecule has 212 valence electrons. The fourth-order valence-electron chi connectivity index (χ4n) is 4.54. The summed E-state index contributed by atoms with van der Waals surface area (Å²) < 4.78 is 0. The zero-order valence-electron chi connectivity index (χ0n) is 27.1. The highest BCUT2D eigenvalue weighted by Crippen LogP contribution is 2.41. The number of carbonyl (C=O) groups excluding carboxylic acids is 1. The van der Waals surface area contributed by atoms with E-state index in [0.717, 1.165) is 28.5 Å². The molecule has 2 nitrogen and oxygen atoms in total. The molecule has 2 heteroatoms. The van der Waals surface area contributed by atoms with Gasteiger partial charge in [-0.25, -0.2) is 0 Å². The van der Waals surface area contributed by atoms with Gasteiger partial charge in [0.05, 0.1) is 0 Å². The van der Waals surface area contributed by atoms with Gasteiger partial charge in [0, 0.05) is 5.56 Å². The van der Waals surface area contributed by atoms with Crippen molar-refractivity contribution in [2.45, 2.75) is 119 Å². The molecule has 0 atom stereocenters. The summed E-state index contributed by atoms with van der Waals surface area (Å²) in [5.74, 6) is 0.160. The van der Waals surface area contributed by atoms with Crippen LogP contribution in [0, 0.1) is 0 Å². The normalized spacial score (nSPS) is 12.6. The average Bonchev–Trinajstić information content (AvgIpc) is 2.82. The summed E-state index contributed by atoms with van der Waals surface area (Å²) >= 11 is 0. The topological polar surface area (TPSA) is 37.3 Å². The van der Waals surface area contributed by atoms with Gasteiger partial charge in [-0.2, -0.15) is 0 Å². The van der Waals surface area contributed by atoms with Gasteiger partial charge in [0.1, 0.15) is 5.75 Å². The molecule has 0 radical (unpaired) electrons. The fourth-order valence-corrected chi connectivity index (χ4v) is 4.54. The first kappa shape index (κ1) is 32.3. The van der Waals surface area contributed by atoms with Gasteiger partial charge >= 0.3 is 0 Å². The Balaban J connectivity index is 0.00000260. The minimum absolute atomic E-state index is 0.0559. The highest BCUT2D eigenvalue weighted by Gasteiger charge is 2.25. The molecule has 0 aromatic heterocycles. The molecule has 3 aromatic rings. The zero-order valence-corrected chi connectivity index (χ0v) is 27.1. The van der Waals surface area contributed by atoms with Gasteiger partial charge < -0.3 is 5.11 Å². The van der Waals surface area contributed by atoms with E-state index in [1.165, 1.54) is 22.3 Å². The summed E-state index contributed by atoms with van der Waals surface area (Å²) in [6.45, 7) is 30.5. The number of hydrogen-bond donors (Lipinski definition) is 1. The monoisotopic (exact) mass is 528 g/mol. The van der Waals surface area contributed by atoms with Crippen LogP contribution in [0.1, 0.15) is 130 Å². The molecule has 0 aliphatic rings. The van der Waals surface area contributed by atoms with Gasteiger partial charge in [-0.15, -0.1) is 0 Å². The Labute approximate surface area is 238 Å². The molecule has 0 heterocycles. The third-order valence-corrected chi connectivity index (χ3v) is 7.23. The second kappa shape index (κ2) is 11.3. The number of hydrogen-bond acceptors (Lipinski definition) is 2. The maximum atomic E-state index is 12.8. The molecular formula is C37H52O2. The Hall–Kier alpha value is -2.87. The van der Waals surface area contributed by atoms with Crippen molar-refractivity contribution in [2.24, 2.45) is 0 Å². The van der Waals surface area contributed by atoms with Crippen molar-refractivity contribution in [3.63, 3.8) is 0 Å². The van der Waals surface area contributed by atoms with E-state index in [9.17, 15) is 9.90 Å². The van der Waals surface area contributed by atoms with Crippen LogP contribution in [0.2, 0.25) is 0 Å². The minimum Gasteiger partial charge on any atom is -0.508 e. The van der Waals surface area contributed by atoms with Gasteiger partial charge in [-0.05, 0) is 78.3 Å². The van der Waals surface area contributed by atoms with Crippen molar-refractivity contribution in [2.75, 3.05) is 0 Å². The minimum atomic E-state index is -0.0559. The van der Waals surface area contributed by atoms with Crippen LogP contribution in [0.5, 0.6) is 5.75 Å². The van der Waals surface area contributed by atoms with E-state index in [0.29, 0.717) is 5.56 Å². The molecule has 0 amide bonds. The van der Waals surface area contributed by atoms with Crippen molar-refractivity contribution in [1.29, 1.82) is 0 Å². The lowest BCUT2D eigenvalue weighted by atomic mass is 9.77. The largest absolute Gasteiger partial charge is 0.508 e. The molecule has 0 fully saturated rings. The van der Waals surface area contributed by atoms with E-state index in [4.69, 9.17) is 0 Å². The van der Waals surface area contributed by atoms with Gasteiger partial charge in [0.15, 0.2) is 6.29 Å². The average molecular weight is 529 g/mol. The van der Waals surface area contributed by atoms with E-state index < -0.39 is 0 Å². The number of aldehydes is 1. The van der Waals surface area contributed by atoms with Gasteiger partial charge in [0.25, 0.3) is 0 Å². The van der Waals surface area contributed by atoms with Gasteiger partial charge in [-0.3, -0.25) is 4.79 Å². The van der Waals surface area contributed by atoms with Crippen LogP contribution < -0.4 is 0 Å². The van der Waals surface area contributed by atoms with Crippen LogP contribution in [0.3, 0.4) is 0 Å². The fraction of sp³-hybridized carbons (Fsp3) is 0.486. The number of phenols is 1. The van der Waals surface area contributed by atoms with Gasteiger partial charge in [0.2, 0.25) is 0 Å². The van der Waals surface area contributed by atoms with Crippen molar-refractivity contribution >= 4 is 6.29 Å². The molecule has 3 rings (SSSR count). The third kappa shape index (κ3) is 7.62. The third-order valence-electron chi connectivity index (χ3n) is 7.23. The standard InChI is InChI=1S/C35H46O2.C2H6/c1-32(2,3)24-13-22(14-25(17-24)33(4,5)6)29-19-28(37)20-30(31(29)21-36)23-15-26(34(7,8)9)18-27(16-23)35(10,11)12;1-2/h13-21,37H,1-12H3;1-2H3. The Bertz CT molecular complexity index is 1150. The first-order valence-corrected chi connectivity index (χ1v) is 14.4. The number of phenolic OH excluding ortho intramolecular Hbond substituents is 1. The van der Waals surface area contributed by atoms with E-state index in [1.807, 2.05) is 13.8 Å². The summed E-state index contributed by atoms with van der Waals surface area (Å²) in [6.07, 6.45) is 0.950. The SMILES string of the molecule is CC.CC(C)(C)c1cc(-c2cc(O)cc(-c3cc(C(C)(C)C)cc(C(C)(C)C)c3)c2C=O)cc(C(C)(C)C)c1. The summed E-state index contributed by atoms with van der Waals surface area (Å²) in [7, 11) is 0. The van der Waals surface area contributed by atoms with Crippen LogP contribution in [-0.2, 0) is 21.7 Å². The Kier molecular flexibility index (Phi) is 9.39. The summed E-state index contributed by atoms with van der Waals surface area (Å²) in [6, 6.07) is 16.7. The highest BCUT2D eigenvalue weighted by molar-refractivity contribution is 5.97. The molecule has 0 saturated heterocycles. The molecular weight excluding hydrogens is 476 g/mol. The van der Waals surface area contributed by atoms with Crippen LogP contribution >= 0.6 is 0 Å². The van der Waals surface area contributed by atoms with Crippen molar-refractivity contribution in [1.82, 2.24) is 0 Å². The smallest absolute Gasteiger partial charge is 0.151 e. The predicted octanol–water partition coefficient (Wildman–Crippen LogP) is 10.8. The Morgan fingerprint density at radius 1 is 0.487 bits per heavy atom. The van der Waals surface area contributed by atoms with Crippen molar-refractivity contribution in [3.05, 3.63) is 76.3 Å². The number of carbonyl (C=O) groups is 1. The highest BCUT2D eigenvalue weighted by atomic mass is 16.3. The molecule has 0 aliphatic carbocycles. The Morgan fingerprint density at radius 3 is 0.949 bits per heavy atom. The molecule has 0 aliphatic heterocycles. The second-order valence-electron chi connectivity index (χ2n) is 14.7. The molecule has 0 spiro atoms. The summed E-state index contributed by atoms with van der Waals surface area (Å²) in [5.41, 5.74) is 8.67.